The number of nitrogens with zero attached hydrogens (tertiary/aromatic N) is 1. The number of carbonyl (C=O) groups is 1. The molecule has 4 rings (SSSR count). The van der Waals surface area contributed by atoms with Gasteiger partial charge in [0.25, 0.3) is 5.91 Å². The van der Waals surface area contributed by atoms with Crippen LogP contribution in [0.4, 0.5) is 0 Å². The molecule has 1 aliphatic heterocycles. The Morgan fingerprint density at radius 1 is 1.27 bits per heavy atom. The molecule has 5 heteroatoms. The van der Waals surface area contributed by atoms with E-state index in [9.17, 15) is 4.79 Å². The highest BCUT2D eigenvalue weighted by molar-refractivity contribution is 5.94. The van der Waals surface area contributed by atoms with Gasteiger partial charge in [0.2, 0.25) is 0 Å². The Hall–Kier alpha value is -3.60. The molecule has 152 valence electrons. The first-order chi connectivity index (χ1) is 14.6. The maximum Gasteiger partial charge on any atom is 0.251 e. The van der Waals surface area contributed by atoms with E-state index < -0.39 is 0 Å². The molecule has 0 saturated heterocycles. The molecule has 1 atom stereocenters. The van der Waals surface area contributed by atoms with Gasteiger partial charge in [-0.25, -0.2) is 0 Å². The van der Waals surface area contributed by atoms with Crippen LogP contribution in [0.3, 0.4) is 0 Å². The van der Waals surface area contributed by atoms with E-state index in [0.29, 0.717) is 24.5 Å². The zero-order valence-electron chi connectivity index (χ0n) is 16.9. The maximum absolute atomic E-state index is 12.5. The fourth-order valence-electron chi connectivity index (χ4n) is 3.56. The van der Waals surface area contributed by atoms with Gasteiger partial charge in [-0.2, -0.15) is 0 Å². The van der Waals surface area contributed by atoms with Gasteiger partial charge in [-0.15, -0.1) is 0 Å². The number of benzene rings is 2. The highest BCUT2D eigenvalue weighted by atomic mass is 16.5. The number of rotatable bonds is 7. The molecule has 1 N–H and O–H groups in total. The number of aryl methyl sites for hydroxylation is 1. The van der Waals surface area contributed by atoms with Crippen molar-refractivity contribution in [3.8, 4) is 22.8 Å². The average molecular weight is 400 g/mol. The maximum atomic E-state index is 12.5. The Bertz CT molecular complexity index is 1080. The van der Waals surface area contributed by atoms with Gasteiger partial charge in [0.15, 0.2) is 0 Å². The number of nitrogens with one attached hydrogen (secondary N) is 1. The molecule has 1 aromatic heterocycles. The number of hydrogen-bond acceptors (Lipinski definition) is 4. The van der Waals surface area contributed by atoms with Crippen molar-refractivity contribution >= 4 is 5.91 Å². The Kier molecular flexibility index (Phi) is 5.80. The lowest BCUT2D eigenvalue weighted by molar-refractivity contribution is 0.0933. The molecule has 1 amide bonds. The second kappa shape index (κ2) is 8.82. The van der Waals surface area contributed by atoms with Crippen molar-refractivity contribution in [2.45, 2.75) is 19.4 Å². The zero-order chi connectivity index (χ0) is 20.9. The van der Waals surface area contributed by atoms with Gasteiger partial charge in [0, 0.05) is 23.7 Å². The summed E-state index contributed by atoms with van der Waals surface area (Å²) in [7, 11) is 0. The fourth-order valence-corrected chi connectivity index (χ4v) is 3.56. The molecular formula is C25H24N2O3. The first kappa shape index (κ1) is 19.7. The van der Waals surface area contributed by atoms with Crippen LogP contribution in [-0.4, -0.2) is 30.1 Å². The summed E-state index contributed by atoms with van der Waals surface area (Å²) in [6.45, 7) is 6.52. The van der Waals surface area contributed by atoms with E-state index in [-0.39, 0.29) is 12.0 Å². The van der Waals surface area contributed by atoms with Crippen LogP contribution in [0.5, 0.6) is 11.5 Å². The summed E-state index contributed by atoms with van der Waals surface area (Å²) < 4.78 is 11.5. The molecule has 0 fully saturated rings. The van der Waals surface area contributed by atoms with Crippen molar-refractivity contribution < 1.29 is 14.3 Å². The van der Waals surface area contributed by atoms with Crippen molar-refractivity contribution in [3.05, 3.63) is 90.1 Å². The molecule has 0 bridgehead atoms. The minimum absolute atomic E-state index is 0.0933. The predicted molar refractivity (Wildman–Crippen MR) is 117 cm³/mol. The lowest BCUT2D eigenvalue weighted by Crippen LogP contribution is -2.34. The minimum Gasteiger partial charge on any atom is -0.490 e. The van der Waals surface area contributed by atoms with E-state index in [2.05, 4.69) is 35.9 Å². The topological polar surface area (TPSA) is 60.5 Å². The molecule has 0 saturated carbocycles. The van der Waals surface area contributed by atoms with Crippen molar-refractivity contribution in [1.29, 1.82) is 0 Å². The minimum atomic E-state index is -0.150. The van der Waals surface area contributed by atoms with Gasteiger partial charge in [-0.05, 0) is 60.5 Å². The molecular weight excluding hydrogens is 376 g/mol. The van der Waals surface area contributed by atoms with Crippen LogP contribution in [0.25, 0.3) is 11.3 Å². The summed E-state index contributed by atoms with van der Waals surface area (Å²) >= 11 is 0. The summed E-state index contributed by atoms with van der Waals surface area (Å²) in [5, 5.41) is 2.96. The zero-order valence-corrected chi connectivity index (χ0v) is 16.9. The largest absolute Gasteiger partial charge is 0.490 e. The standard InChI is InChI=1S/C25H24N2O3/c1-3-12-29-21-8-4-7-19(14-21)25(28)27-16-22-15-20-13-18(9-10-23(20)30-22)24-17(2)6-5-11-26-24/h3-11,13-14,22H,1,12,15-16H2,2H3,(H,27,28). The number of hydrogen-bond donors (Lipinski definition) is 1. The Labute approximate surface area is 176 Å². The number of aromatic nitrogens is 1. The van der Waals surface area contributed by atoms with Crippen LogP contribution in [0.15, 0.2) is 73.4 Å². The van der Waals surface area contributed by atoms with Crippen LogP contribution in [0.2, 0.25) is 0 Å². The monoisotopic (exact) mass is 400 g/mol. The molecule has 5 nitrogen and oxygen atoms in total. The number of ether oxygens (including phenoxy) is 2. The molecule has 0 spiro atoms. The fraction of sp³-hybridized carbons (Fsp3) is 0.200. The summed E-state index contributed by atoms with van der Waals surface area (Å²) in [6, 6.07) is 17.3. The van der Waals surface area contributed by atoms with E-state index in [1.807, 2.05) is 30.5 Å². The van der Waals surface area contributed by atoms with Crippen LogP contribution < -0.4 is 14.8 Å². The van der Waals surface area contributed by atoms with E-state index in [1.54, 1.807) is 24.3 Å². The summed E-state index contributed by atoms with van der Waals surface area (Å²) in [6.07, 6.45) is 4.13. The van der Waals surface area contributed by atoms with Gasteiger partial charge in [-0.1, -0.05) is 24.8 Å². The molecule has 0 aliphatic carbocycles. The molecule has 1 unspecified atom stereocenters. The number of amides is 1. The second-order valence-electron chi connectivity index (χ2n) is 7.27. The highest BCUT2D eigenvalue weighted by Gasteiger charge is 2.24. The smallest absolute Gasteiger partial charge is 0.251 e. The summed E-state index contributed by atoms with van der Waals surface area (Å²) in [5.74, 6) is 1.36. The third-order valence-corrected chi connectivity index (χ3v) is 5.04. The normalized spacial score (nSPS) is 14.5. The van der Waals surface area contributed by atoms with Crippen molar-refractivity contribution in [2.75, 3.05) is 13.2 Å². The Morgan fingerprint density at radius 3 is 3.00 bits per heavy atom. The molecule has 2 heterocycles. The van der Waals surface area contributed by atoms with E-state index in [1.165, 1.54) is 0 Å². The lowest BCUT2D eigenvalue weighted by Gasteiger charge is -2.12. The number of carbonyl (C=O) groups excluding carboxylic acids is 1. The van der Waals surface area contributed by atoms with E-state index >= 15 is 0 Å². The molecule has 30 heavy (non-hydrogen) atoms. The summed E-state index contributed by atoms with van der Waals surface area (Å²) in [4.78, 5) is 17.0. The third-order valence-electron chi connectivity index (χ3n) is 5.04. The van der Waals surface area contributed by atoms with Crippen LogP contribution in [0.1, 0.15) is 21.5 Å². The van der Waals surface area contributed by atoms with Gasteiger partial charge in [0.1, 0.15) is 24.2 Å². The summed E-state index contributed by atoms with van der Waals surface area (Å²) in [5.41, 5.74) is 4.89. The number of fused-ring (bicyclic) bond motifs is 1. The lowest BCUT2D eigenvalue weighted by atomic mass is 10.0. The van der Waals surface area contributed by atoms with Crippen molar-refractivity contribution in [1.82, 2.24) is 10.3 Å². The number of pyridine rings is 1. The van der Waals surface area contributed by atoms with Gasteiger partial charge in [0.05, 0.1) is 12.2 Å². The average Bonchev–Trinajstić information content (AvgIpc) is 3.18. The molecule has 1 aliphatic rings. The molecule has 2 aromatic carbocycles. The first-order valence-corrected chi connectivity index (χ1v) is 9.97. The quantitative estimate of drug-likeness (QED) is 0.599. The van der Waals surface area contributed by atoms with Crippen molar-refractivity contribution in [3.63, 3.8) is 0 Å². The van der Waals surface area contributed by atoms with Crippen LogP contribution in [-0.2, 0) is 6.42 Å². The third kappa shape index (κ3) is 4.35. The highest BCUT2D eigenvalue weighted by Crippen LogP contribution is 2.33. The Balaban J connectivity index is 1.38. The van der Waals surface area contributed by atoms with E-state index in [0.717, 1.165) is 34.6 Å². The Morgan fingerprint density at radius 2 is 2.17 bits per heavy atom. The van der Waals surface area contributed by atoms with Gasteiger partial charge in [-0.3, -0.25) is 9.78 Å². The van der Waals surface area contributed by atoms with Gasteiger partial charge >= 0.3 is 0 Å². The van der Waals surface area contributed by atoms with Crippen LogP contribution in [0, 0.1) is 6.92 Å². The van der Waals surface area contributed by atoms with E-state index in [4.69, 9.17) is 9.47 Å². The SMILES string of the molecule is C=CCOc1cccc(C(=O)NCC2Cc3cc(-c4ncccc4C)ccc3O2)c1. The second-order valence-corrected chi connectivity index (χ2v) is 7.27. The first-order valence-electron chi connectivity index (χ1n) is 9.97. The molecule has 0 radical (unpaired) electrons. The van der Waals surface area contributed by atoms with Crippen molar-refractivity contribution in [2.24, 2.45) is 0 Å². The van der Waals surface area contributed by atoms with Gasteiger partial charge < -0.3 is 14.8 Å². The molecule has 3 aromatic rings. The van der Waals surface area contributed by atoms with Crippen LogP contribution >= 0.6 is 0 Å². The predicted octanol–water partition coefficient (Wildman–Crippen LogP) is 4.36.